The van der Waals surface area contributed by atoms with Gasteiger partial charge in [-0.05, 0) is 48.0 Å². The van der Waals surface area contributed by atoms with Gasteiger partial charge in [-0.1, -0.05) is 0 Å². The molecule has 1 aromatic heterocycles. The first kappa shape index (κ1) is 12.9. The lowest BCUT2D eigenvalue weighted by Crippen LogP contribution is -2.04. The van der Waals surface area contributed by atoms with E-state index in [1.54, 1.807) is 16.8 Å². The van der Waals surface area contributed by atoms with E-state index in [1.165, 1.54) is 6.07 Å². The Balaban J connectivity index is 2.36. The quantitative estimate of drug-likeness (QED) is 0.912. The molecule has 1 aromatic carbocycles. The van der Waals surface area contributed by atoms with E-state index in [0.717, 1.165) is 17.2 Å². The van der Waals surface area contributed by atoms with Crippen molar-refractivity contribution in [2.75, 3.05) is 11.1 Å². The number of aromatic nitrogens is 2. The van der Waals surface area contributed by atoms with Gasteiger partial charge in [0.1, 0.15) is 5.82 Å². The minimum Gasteiger partial charge on any atom is -0.394 e. The molecule has 0 atom stereocenters. The first-order valence-corrected chi connectivity index (χ1v) is 6.37. The van der Waals surface area contributed by atoms with Crippen molar-refractivity contribution in [2.45, 2.75) is 20.4 Å². The van der Waals surface area contributed by atoms with Gasteiger partial charge in [-0.3, -0.25) is 0 Å². The lowest BCUT2D eigenvalue weighted by Gasteiger charge is -2.09. The summed E-state index contributed by atoms with van der Waals surface area (Å²) in [6.45, 7) is 4.55. The monoisotopic (exact) mass is 312 g/mol. The van der Waals surface area contributed by atoms with Gasteiger partial charge in [-0.25, -0.2) is 9.07 Å². The van der Waals surface area contributed by atoms with E-state index in [1.807, 2.05) is 13.8 Å². The second kappa shape index (κ2) is 4.97. The highest BCUT2D eigenvalue weighted by Crippen LogP contribution is 2.28. The summed E-state index contributed by atoms with van der Waals surface area (Å²) >= 11 is 3.15. The molecule has 18 heavy (non-hydrogen) atoms. The summed E-state index contributed by atoms with van der Waals surface area (Å²) in [7, 11) is 0. The van der Waals surface area contributed by atoms with Crippen molar-refractivity contribution >= 4 is 33.1 Å². The highest BCUT2D eigenvalue weighted by Gasteiger charge is 2.12. The van der Waals surface area contributed by atoms with E-state index >= 15 is 0 Å². The molecule has 2 rings (SSSR count). The zero-order valence-electron chi connectivity index (χ0n) is 10.2. The van der Waals surface area contributed by atoms with Crippen LogP contribution in [0.5, 0.6) is 0 Å². The normalized spacial score (nSPS) is 10.7. The summed E-state index contributed by atoms with van der Waals surface area (Å²) in [6, 6.07) is 4.71. The molecule has 1 heterocycles. The van der Waals surface area contributed by atoms with Crippen LogP contribution in [0.15, 0.2) is 22.7 Å². The SMILES string of the molecule is CCn1nc(C)c(N)c1Nc1ccc(F)c(Br)c1. The Morgan fingerprint density at radius 1 is 1.50 bits per heavy atom. The topological polar surface area (TPSA) is 55.9 Å². The molecule has 0 radical (unpaired) electrons. The van der Waals surface area contributed by atoms with Crippen molar-refractivity contribution in [3.8, 4) is 0 Å². The summed E-state index contributed by atoms with van der Waals surface area (Å²) in [5, 5.41) is 7.47. The predicted molar refractivity (Wildman–Crippen MR) is 74.4 cm³/mol. The molecular formula is C12H14BrFN4. The number of hydrogen-bond acceptors (Lipinski definition) is 3. The maximum absolute atomic E-state index is 13.1. The van der Waals surface area contributed by atoms with Crippen LogP contribution in [-0.4, -0.2) is 9.78 Å². The molecule has 6 heteroatoms. The summed E-state index contributed by atoms with van der Waals surface area (Å²) in [5.74, 6) is 0.433. The van der Waals surface area contributed by atoms with Crippen LogP contribution < -0.4 is 11.1 Å². The second-order valence-corrected chi connectivity index (χ2v) is 4.77. The van der Waals surface area contributed by atoms with Gasteiger partial charge in [0, 0.05) is 12.2 Å². The average molecular weight is 313 g/mol. The van der Waals surface area contributed by atoms with E-state index in [4.69, 9.17) is 5.73 Å². The Bertz CT molecular complexity index is 580. The van der Waals surface area contributed by atoms with Gasteiger partial charge in [-0.15, -0.1) is 0 Å². The number of nitrogens with zero attached hydrogens (tertiary/aromatic N) is 2. The zero-order chi connectivity index (χ0) is 13.3. The van der Waals surface area contributed by atoms with Crippen LogP contribution >= 0.6 is 15.9 Å². The highest BCUT2D eigenvalue weighted by atomic mass is 79.9. The minimum absolute atomic E-state index is 0.297. The molecule has 0 aliphatic carbocycles. The number of rotatable bonds is 3. The van der Waals surface area contributed by atoms with Gasteiger partial charge in [0.25, 0.3) is 0 Å². The lowest BCUT2D eigenvalue weighted by atomic mass is 10.3. The van der Waals surface area contributed by atoms with Crippen LogP contribution in [0, 0.1) is 12.7 Å². The Kier molecular flexibility index (Phi) is 3.56. The van der Waals surface area contributed by atoms with Crippen molar-refractivity contribution in [1.82, 2.24) is 9.78 Å². The molecule has 3 N–H and O–H groups in total. The van der Waals surface area contributed by atoms with Crippen LogP contribution in [0.25, 0.3) is 0 Å². The van der Waals surface area contributed by atoms with Crippen molar-refractivity contribution in [1.29, 1.82) is 0 Å². The number of halogens is 2. The highest BCUT2D eigenvalue weighted by molar-refractivity contribution is 9.10. The van der Waals surface area contributed by atoms with Crippen LogP contribution in [0.3, 0.4) is 0 Å². The molecule has 0 saturated heterocycles. The molecule has 0 saturated carbocycles. The number of nitrogen functional groups attached to an aromatic ring is 1. The van der Waals surface area contributed by atoms with E-state index in [2.05, 4.69) is 26.3 Å². The third-order valence-electron chi connectivity index (χ3n) is 2.66. The van der Waals surface area contributed by atoms with Gasteiger partial charge in [0.15, 0.2) is 5.82 Å². The van der Waals surface area contributed by atoms with Crippen molar-refractivity contribution < 1.29 is 4.39 Å². The largest absolute Gasteiger partial charge is 0.394 e. The number of aryl methyl sites for hydroxylation is 2. The number of hydrogen-bond donors (Lipinski definition) is 2. The van der Waals surface area contributed by atoms with Gasteiger partial charge in [0.05, 0.1) is 15.9 Å². The molecule has 0 aliphatic heterocycles. The third-order valence-corrected chi connectivity index (χ3v) is 3.26. The Morgan fingerprint density at radius 3 is 2.83 bits per heavy atom. The minimum atomic E-state index is -0.297. The van der Waals surface area contributed by atoms with Crippen molar-refractivity contribution in [3.05, 3.63) is 34.2 Å². The molecule has 0 unspecified atom stereocenters. The summed E-state index contributed by atoms with van der Waals surface area (Å²) in [5.41, 5.74) is 8.10. The molecule has 4 nitrogen and oxygen atoms in total. The Hall–Kier alpha value is -1.56. The molecule has 0 fully saturated rings. The zero-order valence-corrected chi connectivity index (χ0v) is 11.8. The standard InChI is InChI=1S/C12H14BrFN4/c1-3-18-12(11(15)7(2)17-18)16-8-4-5-10(14)9(13)6-8/h4-6,16H,3,15H2,1-2H3. The van der Waals surface area contributed by atoms with Crippen LogP contribution in [-0.2, 0) is 6.54 Å². The Morgan fingerprint density at radius 2 is 2.22 bits per heavy atom. The summed E-state index contributed by atoms with van der Waals surface area (Å²) in [4.78, 5) is 0. The van der Waals surface area contributed by atoms with Gasteiger partial charge >= 0.3 is 0 Å². The fourth-order valence-electron chi connectivity index (χ4n) is 1.67. The molecule has 0 spiro atoms. The van der Waals surface area contributed by atoms with E-state index in [0.29, 0.717) is 16.7 Å². The van der Waals surface area contributed by atoms with Gasteiger partial charge in [-0.2, -0.15) is 5.10 Å². The lowest BCUT2D eigenvalue weighted by molar-refractivity contribution is 0.621. The van der Waals surface area contributed by atoms with Crippen LogP contribution in [0.4, 0.5) is 21.6 Å². The molecule has 0 amide bonds. The third kappa shape index (κ3) is 2.33. The molecule has 2 aromatic rings. The smallest absolute Gasteiger partial charge is 0.152 e. The summed E-state index contributed by atoms with van der Waals surface area (Å²) in [6.07, 6.45) is 0. The number of anilines is 3. The second-order valence-electron chi connectivity index (χ2n) is 3.92. The first-order chi connectivity index (χ1) is 8.52. The van der Waals surface area contributed by atoms with Crippen molar-refractivity contribution in [2.24, 2.45) is 0 Å². The first-order valence-electron chi connectivity index (χ1n) is 5.58. The number of nitrogens with one attached hydrogen (secondary N) is 1. The Labute approximate surface area is 113 Å². The van der Waals surface area contributed by atoms with E-state index in [9.17, 15) is 4.39 Å². The fourth-order valence-corrected chi connectivity index (χ4v) is 2.05. The molecule has 96 valence electrons. The van der Waals surface area contributed by atoms with E-state index < -0.39 is 0 Å². The number of nitrogens with two attached hydrogens (primary N) is 1. The number of benzene rings is 1. The van der Waals surface area contributed by atoms with Gasteiger partial charge in [0.2, 0.25) is 0 Å². The average Bonchev–Trinajstić information content (AvgIpc) is 2.61. The maximum atomic E-state index is 13.1. The molecule has 0 bridgehead atoms. The van der Waals surface area contributed by atoms with E-state index in [-0.39, 0.29) is 5.82 Å². The summed E-state index contributed by atoms with van der Waals surface area (Å²) < 4.78 is 15.3. The van der Waals surface area contributed by atoms with Crippen LogP contribution in [0.1, 0.15) is 12.6 Å². The molecule has 0 aliphatic rings. The molecular weight excluding hydrogens is 299 g/mol. The maximum Gasteiger partial charge on any atom is 0.152 e. The van der Waals surface area contributed by atoms with Crippen LogP contribution in [0.2, 0.25) is 0 Å². The fraction of sp³-hybridized carbons (Fsp3) is 0.250. The predicted octanol–water partition coefficient (Wildman–Crippen LogP) is 3.44. The van der Waals surface area contributed by atoms with Gasteiger partial charge < -0.3 is 11.1 Å². The van der Waals surface area contributed by atoms with Crippen molar-refractivity contribution in [3.63, 3.8) is 0 Å².